The smallest absolute Gasteiger partial charge is 0.262 e. The molecule has 0 spiro atoms. The Labute approximate surface area is 175 Å². The number of carbonyl (C=O) groups is 1. The van der Waals surface area contributed by atoms with Crippen molar-refractivity contribution in [3.63, 3.8) is 0 Å². The molecule has 10 heteroatoms. The van der Waals surface area contributed by atoms with Gasteiger partial charge in [-0.3, -0.25) is 9.52 Å². The van der Waals surface area contributed by atoms with E-state index in [1.54, 1.807) is 0 Å². The van der Waals surface area contributed by atoms with Gasteiger partial charge in [-0.05, 0) is 31.5 Å². The van der Waals surface area contributed by atoms with Gasteiger partial charge in [-0.25, -0.2) is 12.8 Å². The maximum absolute atomic E-state index is 13.9. The average molecular weight is 440 g/mol. The maximum Gasteiger partial charge on any atom is 0.262 e. The molecule has 0 bridgehead atoms. The van der Waals surface area contributed by atoms with E-state index >= 15 is 0 Å². The number of hydrogen-bond donors (Lipinski definition) is 2. The summed E-state index contributed by atoms with van der Waals surface area (Å²) in [6.45, 7) is 3.26. The van der Waals surface area contributed by atoms with Crippen molar-refractivity contribution in [2.45, 2.75) is 18.2 Å². The molecule has 2 rings (SSSR count). The van der Waals surface area contributed by atoms with Crippen LogP contribution >= 0.6 is 0 Å². The SMILES string of the molecule is CCOCCCNC(=O)c1cc(S(=O)(=O)Nc2ccccc2F)cc(OC)c1OC. The van der Waals surface area contributed by atoms with E-state index in [1.807, 2.05) is 6.92 Å². The fourth-order valence-corrected chi connectivity index (χ4v) is 3.73. The number of rotatable bonds is 11. The predicted molar refractivity (Wildman–Crippen MR) is 110 cm³/mol. The number of halogens is 1. The molecule has 0 aromatic heterocycles. The Hall–Kier alpha value is -2.85. The molecule has 0 aliphatic rings. The molecule has 0 saturated carbocycles. The molecule has 0 saturated heterocycles. The maximum atomic E-state index is 13.9. The molecule has 0 radical (unpaired) electrons. The monoisotopic (exact) mass is 440 g/mol. The van der Waals surface area contributed by atoms with Crippen molar-refractivity contribution in [2.24, 2.45) is 0 Å². The summed E-state index contributed by atoms with van der Waals surface area (Å²) in [5, 5.41) is 2.69. The van der Waals surface area contributed by atoms with E-state index in [4.69, 9.17) is 14.2 Å². The minimum absolute atomic E-state index is 0.0258. The van der Waals surface area contributed by atoms with Gasteiger partial charge in [-0.15, -0.1) is 0 Å². The first-order chi connectivity index (χ1) is 14.3. The molecule has 1 amide bonds. The van der Waals surface area contributed by atoms with Crippen LogP contribution in [0.4, 0.5) is 10.1 Å². The van der Waals surface area contributed by atoms with Crippen LogP contribution in [0.15, 0.2) is 41.3 Å². The van der Waals surface area contributed by atoms with E-state index in [0.717, 1.165) is 12.1 Å². The van der Waals surface area contributed by atoms with E-state index < -0.39 is 21.7 Å². The number of nitrogens with one attached hydrogen (secondary N) is 2. The van der Waals surface area contributed by atoms with E-state index in [-0.39, 0.29) is 27.6 Å². The lowest BCUT2D eigenvalue weighted by atomic mass is 10.1. The zero-order valence-electron chi connectivity index (χ0n) is 17.0. The Morgan fingerprint density at radius 1 is 1.13 bits per heavy atom. The van der Waals surface area contributed by atoms with Crippen LogP contribution in [-0.4, -0.2) is 48.3 Å². The molecular weight excluding hydrogens is 415 g/mol. The van der Waals surface area contributed by atoms with Gasteiger partial charge in [0.25, 0.3) is 15.9 Å². The molecule has 8 nitrogen and oxygen atoms in total. The molecule has 2 aromatic carbocycles. The molecule has 2 N–H and O–H groups in total. The summed E-state index contributed by atoms with van der Waals surface area (Å²) in [6, 6.07) is 7.72. The highest BCUT2D eigenvalue weighted by atomic mass is 32.2. The molecule has 30 heavy (non-hydrogen) atoms. The summed E-state index contributed by atoms with van der Waals surface area (Å²) >= 11 is 0. The summed E-state index contributed by atoms with van der Waals surface area (Å²) in [5.41, 5.74) is -0.239. The van der Waals surface area contributed by atoms with Crippen LogP contribution in [0.1, 0.15) is 23.7 Å². The van der Waals surface area contributed by atoms with Gasteiger partial charge in [0.15, 0.2) is 11.5 Å². The normalized spacial score (nSPS) is 11.1. The fourth-order valence-electron chi connectivity index (χ4n) is 2.63. The highest BCUT2D eigenvalue weighted by Gasteiger charge is 2.24. The molecule has 164 valence electrons. The van der Waals surface area contributed by atoms with Crippen LogP contribution < -0.4 is 19.5 Å². The van der Waals surface area contributed by atoms with Crippen molar-refractivity contribution < 1.29 is 31.8 Å². The number of para-hydroxylation sites is 1. The minimum atomic E-state index is -4.21. The average Bonchev–Trinajstić information content (AvgIpc) is 2.73. The lowest BCUT2D eigenvalue weighted by Crippen LogP contribution is -2.26. The van der Waals surface area contributed by atoms with Crippen molar-refractivity contribution in [1.82, 2.24) is 5.32 Å². The summed E-state index contributed by atoms with van der Waals surface area (Å²) in [6.07, 6.45) is 0.589. The standard InChI is InChI=1S/C20H25FN2O6S/c1-4-29-11-7-10-22-20(24)15-12-14(13-18(27-2)19(15)28-3)30(25,26)23-17-9-6-5-8-16(17)21/h5-6,8-9,12-13,23H,4,7,10-11H2,1-3H3,(H,22,24). The molecule has 2 aromatic rings. The van der Waals surface area contributed by atoms with Crippen molar-refractivity contribution in [1.29, 1.82) is 0 Å². The number of benzene rings is 2. The number of carbonyl (C=O) groups excluding carboxylic acids is 1. The second-order valence-electron chi connectivity index (χ2n) is 6.10. The van der Waals surface area contributed by atoms with Gasteiger partial charge in [0.05, 0.1) is 30.4 Å². The van der Waals surface area contributed by atoms with Crippen molar-refractivity contribution in [3.05, 3.63) is 47.8 Å². The van der Waals surface area contributed by atoms with E-state index in [2.05, 4.69) is 10.0 Å². The largest absolute Gasteiger partial charge is 0.493 e. The minimum Gasteiger partial charge on any atom is -0.493 e. The van der Waals surface area contributed by atoms with Gasteiger partial charge < -0.3 is 19.5 Å². The van der Waals surface area contributed by atoms with Crippen LogP contribution in [0.5, 0.6) is 11.5 Å². The number of methoxy groups -OCH3 is 2. The second kappa shape index (κ2) is 10.8. The Balaban J connectivity index is 2.35. The van der Waals surface area contributed by atoms with Crippen LogP contribution in [0.25, 0.3) is 0 Å². The molecule has 0 unspecified atom stereocenters. The van der Waals surface area contributed by atoms with E-state index in [1.165, 1.54) is 38.5 Å². The first-order valence-electron chi connectivity index (χ1n) is 9.23. The molecule has 0 fully saturated rings. The van der Waals surface area contributed by atoms with Gasteiger partial charge in [-0.2, -0.15) is 0 Å². The van der Waals surface area contributed by atoms with Gasteiger partial charge in [-0.1, -0.05) is 12.1 Å². The lowest BCUT2D eigenvalue weighted by Gasteiger charge is -2.16. The number of ether oxygens (including phenoxy) is 3. The first kappa shape index (κ1) is 23.4. The Kier molecular flexibility index (Phi) is 8.43. The van der Waals surface area contributed by atoms with Crippen LogP contribution in [0.3, 0.4) is 0 Å². The molecular formula is C20H25FN2O6S. The second-order valence-corrected chi connectivity index (χ2v) is 7.78. The van der Waals surface area contributed by atoms with E-state index in [0.29, 0.717) is 26.2 Å². The Bertz CT molecular complexity index is 981. The number of anilines is 1. The molecule has 0 aliphatic heterocycles. The zero-order chi connectivity index (χ0) is 22.1. The highest BCUT2D eigenvalue weighted by Crippen LogP contribution is 2.35. The van der Waals surface area contributed by atoms with Gasteiger partial charge in [0, 0.05) is 25.8 Å². The topological polar surface area (TPSA) is 103 Å². The molecule has 0 aliphatic carbocycles. The third-order valence-electron chi connectivity index (χ3n) is 4.08. The summed E-state index contributed by atoms with van der Waals surface area (Å²) in [5.74, 6) is -1.13. The summed E-state index contributed by atoms with van der Waals surface area (Å²) in [4.78, 5) is 12.4. The number of amides is 1. The van der Waals surface area contributed by atoms with Gasteiger partial charge in [0.1, 0.15) is 5.82 Å². The summed E-state index contributed by atoms with van der Waals surface area (Å²) in [7, 11) is -1.54. The predicted octanol–water partition coefficient (Wildman–Crippen LogP) is 2.80. The Morgan fingerprint density at radius 3 is 2.50 bits per heavy atom. The molecule has 0 heterocycles. The quantitative estimate of drug-likeness (QED) is 0.521. The van der Waals surface area contributed by atoms with Crippen LogP contribution in [0.2, 0.25) is 0 Å². The summed E-state index contributed by atoms with van der Waals surface area (Å²) < 4.78 is 57.4. The molecule has 0 atom stereocenters. The van der Waals surface area contributed by atoms with E-state index in [9.17, 15) is 17.6 Å². The zero-order valence-corrected chi connectivity index (χ0v) is 17.8. The first-order valence-corrected chi connectivity index (χ1v) is 10.7. The van der Waals surface area contributed by atoms with Gasteiger partial charge in [0.2, 0.25) is 0 Å². The lowest BCUT2D eigenvalue weighted by molar-refractivity contribution is 0.0940. The number of hydrogen-bond acceptors (Lipinski definition) is 6. The van der Waals surface area contributed by atoms with Gasteiger partial charge >= 0.3 is 0 Å². The fraction of sp³-hybridized carbons (Fsp3) is 0.350. The van der Waals surface area contributed by atoms with Crippen LogP contribution in [-0.2, 0) is 14.8 Å². The van der Waals surface area contributed by atoms with Crippen molar-refractivity contribution in [2.75, 3.05) is 38.7 Å². The Morgan fingerprint density at radius 2 is 1.87 bits per heavy atom. The van der Waals surface area contributed by atoms with Crippen molar-refractivity contribution in [3.8, 4) is 11.5 Å². The third kappa shape index (κ3) is 5.83. The van der Waals surface area contributed by atoms with Crippen molar-refractivity contribution >= 4 is 21.6 Å². The third-order valence-corrected chi connectivity index (χ3v) is 5.43. The number of sulfonamides is 1. The van der Waals surface area contributed by atoms with Crippen LogP contribution in [0, 0.1) is 5.82 Å². The highest BCUT2D eigenvalue weighted by molar-refractivity contribution is 7.92.